The molecule has 0 unspecified atom stereocenters. The summed E-state index contributed by atoms with van der Waals surface area (Å²) in [6.07, 6.45) is 0. The van der Waals surface area contributed by atoms with E-state index in [2.05, 4.69) is 25.2 Å². The van der Waals surface area contributed by atoms with Crippen LogP contribution in [0, 0.1) is 20.8 Å². The van der Waals surface area contributed by atoms with E-state index in [-0.39, 0.29) is 21.4 Å². The van der Waals surface area contributed by atoms with E-state index in [1.54, 1.807) is 24.3 Å². The Morgan fingerprint density at radius 2 is 1.70 bits per heavy atom. The van der Waals surface area contributed by atoms with Gasteiger partial charge in [0.05, 0.1) is 12.1 Å². The van der Waals surface area contributed by atoms with Gasteiger partial charge in [0, 0.05) is 12.2 Å². The average Bonchev–Trinajstić information content (AvgIpc) is 2.71. The highest BCUT2D eigenvalue weighted by molar-refractivity contribution is 7.87. The van der Waals surface area contributed by atoms with Crippen LogP contribution in [0.1, 0.15) is 22.3 Å². The summed E-state index contributed by atoms with van der Waals surface area (Å²) in [4.78, 5) is 0.0480. The molecule has 0 spiro atoms. The summed E-state index contributed by atoms with van der Waals surface area (Å²) >= 11 is 6.37. The highest BCUT2D eigenvalue weighted by atomic mass is 35.5. The van der Waals surface area contributed by atoms with Crippen LogP contribution in [0.4, 0.5) is 5.69 Å². The van der Waals surface area contributed by atoms with Crippen molar-refractivity contribution in [2.24, 2.45) is 0 Å². The van der Waals surface area contributed by atoms with Crippen molar-refractivity contribution in [1.29, 1.82) is 0 Å². The smallest absolute Gasteiger partial charge is 0.339 e. The van der Waals surface area contributed by atoms with Gasteiger partial charge in [-0.2, -0.15) is 8.42 Å². The van der Waals surface area contributed by atoms with Crippen molar-refractivity contribution in [2.75, 3.05) is 12.4 Å². The molecule has 0 aliphatic carbocycles. The highest BCUT2D eigenvalue weighted by Crippen LogP contribution is 2.38. The van der Waals surface area contributed by atoms with Crippen molar-refractivity contribution >= 4 is 27.4 Å². The van der Waals surface area contributed by atoms with Crippen LogP contribution in [-0.4, -0.2) is 15.5 Å². The molecule has 158 valence electrons. The van der Waals surface area contributed by atoms with Crippen LogP contribution >= 0.6 is 11.6 Å². The predicted octanol–water partition coefficient (Wildman–Crippen LogP) is 5.65. The Kier molecular flexibility index (Phi) is 6.58. The van der Waals surface area contributed by atoms with Crippen molar-refractivity contribution in [3.63, 3.8) is 0 Å². The summed E-state index contributed by atoms with van der Waals surface area (Å²) in [6.45, 7) is 6.48. The topological polar surface area (TPSA) is 64.6 Å². The third-order valence-corrected chi connectivity index (χ3v) is 6.40. The van der Waals surface area contributed by atoms with Crippen molar-refractivity contribution in [2.45, 2.75) is 32.2 Å². The zero-order chi connectivity index (χ0) is 21.9. The fourth-order valence-corrected chi connectivity index (χ4v) is 4.23. The van der Waals surface area contributed by atoms with E-state index in [1.807, 2.05) is 19.1 Å². The third kappa shape index (κ3) is 4.89. The molecule has 1 N–H and O–H groups in total. The Morgan fingerprint density at radius 1 is 1.00 bits per heavy atom. The van der Waals surface area contributed by atoms with Gasteiger partial charge in [0.2, 0.25) is 5.75 Å². The molecule has 0 fully saturated rings. The van der Waals surface area contributed by atoms with E-state index in [0.717, 1.165) is 16.8 Å². The maximum absolute atomic E-state index is 12.6. The maximum Gasteiger partial charge on any atom is 0.339 e. The van der Waals surface area contributed by atoms with E-state index in [0.29, 0.717) is 6.54 Å². The molecular weight excluding hydrogens is 422 g/mol. The Morgan fingerprint density at radius 3 is 2.37 bits per heavy atom. The maximum atomic E-state index is 12.6. The lowest BCUT2D eigenvalue weighted by atomic mass is 10.1. The first-order chi connectivity index (χ1) is 14.2. The molecule has 3 aromatic rings. The molecule has 0 saturated heterocycles. The number of benzene rings is 3. The van der Waals surface area contributed by atoms with E-state index < -0.39 is 10.1 Å². The molecule has 0 radical (unpaired) electrons. The van der Waals surface area contributed by atoms with Crippen molar-refractivity contribution < 1.29 is 17.3 Å². The Bertz CT molecular complexity index is 1160. The normalized spacial score (nSPS) is 11.2. The molecular formula is C23H24ClNO4S. The molecule has 30 heavy (non-hydrogen) atoms. The monoisotopic (exact) mass is 445 g/mol. The lowest BCUT2D eigenvalue weighted by molar-refractivity contribution is 0.390. The first-order valence-electron chi connectivity index (χ1n) is 9.39. The van der Waals surface area contributed by atoms with Crippen molar-refractivity contribution in [3.8, 4) is 11.5 Å². The number of ether oxygens (including phenoxy) is 1. The molecule has 3 aromatic carbocycles. The number of anilines is 1. The molecule has 0 aromatic heterocycles. The minimum Gasteiger partial charge on any atom is -0.493 e. The fraction of sp³-hybridized carbons (Fsp3) is 0.217. The number of hydrogen-bond donors (Lipinski definition) is 1. The Hall–Kier alpha value is -2.70. The zero-order valence-electron chi connectivity index (χ0n) is 17.3. The highest BCUT2D eigenvalue weighted by Gasteiger charge is 2.22. The molecule has 0 aliphatic rings. The van der Waals surface area contributed by atoms with Gasteiger partial charge in [-0.25, -0.2) is 0 Å². The van der Waals surface area contributed by atoms with Crippen LogP contribution in [0.2, 0.25) is 5.02 Å². The summed E-state index contributed by atoms with van der Waals surface area (Å²) < 4.78 is 36.0. The average molecular weight is 446 g/mol. The summed E-state index contributed by atoms with van der Waals surface area (Å²) in [5.41, 5.74) is 5.16. The summed E-state index contributed by atoms with van der Waals surface area (Å²) in [6, 6.07) is 15.8. The quantitative estimate of drug-likeness (QED) is 0.476. The summed E-state index contributed by atoms with van der Waals surface area (Å²) in [5, 5.41) is 3.53. The van der Waals surface area contributed by atoms with Crippen molar-refractivity contribution in [1.82, 2.24) is 0 Å². The Balaban J connectivity index is 1.85. The number of nitrogens with one attached hydrogen (secondary N) is 1. The van der Waals surface area contributed by atoms with Crippen LogP contribution < -0.4 is 14.2 Å². The lowest BCUT2D eigenvalue weighted by Gasteiger charge is -2.16. The van der Waals surface area contributed by atoms with Gasteiger partial charge in [0.15, 0.2) is 5.75 Å². The molecule has 0 bridgehead atoms. The van der Waals surface area contributed by atoms with Crippen LogP contribution in [0.5, 0.6) is 11.5 Å². The van der Waals surface area contributed by atoms with Crippen LogP contribution in [0.3, 0.4) is 0 Å². The standard InChI is InChI=1S/C23H24ClNO4S/c1-15-8-10-19(11-9-15)30(26,27)29-23-20(24)12-18(13-22(23)28-4)14-25-21-7-5-6-16(2)17(21)3/h5-13,25H,14H2,1-4H3. The van der Waals surface area contributed by atoms with Gasteiger partial charge in [-0.3, -0.25) is 0 Å². The lowest BCUT2D eigenvalue weighted by Crippen LogP contribution is -2.11. The van der Waals surface area contributed by atoms with E-state index in [9.17, 15) is 8.42 Å². The number of aryl methyl sites for hydroxylation is 2. The van der Waals surface area contributed by atoms with Crippen LogP contribution in [0.25, 0.3) is 0 Å². The summed E-state index contributed by atoms with van der Waals surface area (Å²) in [7, 11) is -2.60. The molecule has 0 atom stereocenters. The van der Waals surface area contributed by atoms with Gasteiger partial charge in [-0.1, -0.05) is 41.4 Å². The zero-order valence-corrected chi connectivity index (χ0v) is 18.9. The number of rotatable bonds is 7. The minimum absolute atomic E-state index is 0.0322. The second-order valence-corrected chi connectivity index (χ2v) is 9.01. The fourth-order valence-electron chi connectivity index (χ4n) is 2.96. The van der Waals surface area contributed by atoms with Crippen LogP contribution in [-0.2, 0) is 16.7 Å². The Labute approximate surface area is 182 Å². The minimum atomic E-state index is -4.04. The van der Waals surface area contributed by atoms with Crippen molar-refractivity contribution in [3.05, 3.63) is 81.9 Å². The van der Waals surface area contributed by atoms with Gasteiger partial charge < -0.3 is 14.2 Å². The van der Waals surface area contributed by atoms with E-state index >= 15 is 0 Å². The van der Waals surface area contributed by atoms with E-state index in [4.69, 9.17) is 20.5 Å². The molecule has 0 saturated carbocycles. The molecule has 5 nitrogen and oxygen atoms in total. The SMILES string of the molecule is COc1cc(CNc2cccc(C)c2C)cc(Cl)c1OS(=O)(=O)c1ccc(C)cc1. The number of methoxy groups -OCH3 is 1. The number of halogens is 1. The van der Waals surface area contributed by atoms with Gasteiger partial charge in [0.25, 0.3) is 0 Å². The first kappa shape index (κ1) is 22.0. The van der Waals surface area contributed by atoms with Gasteiger partial charge in [-0.15, -0.1) is 0 Å². The summed E-state index contributed by atoms with van der Waals surface area (Å²) in [5.74, 6) is 0.214. The predicted molar refractivity (Wildman–Crippen MR) is 120 cm³/mol. The van der Waals surface area contributed by atoms with Gasteiger partial charge >= 0.3 is 10.1 Å². The van der Waals surface area contributed by atoms with Crippen LogP contribution in [0.15, 0.2) is 59.5 Å². The largest absolute Gasteiger partial charge is 0.493 e. The molecule has 3 rings (SSSR count). The molecule has 0 heterocycles. The van der Waals surface area contributed by atoms with Gasteiger partial charge in [-0.05, 0) is 67.8 Å². The number of hydrogen-bond acceptors (Lipinski definition) is 5. The first-order valence-corrected chi connectivity index (χ1v) is 11.2. The van der Waals surface area contributed by atoms with E-state index in [1.165, 1.54) is 30.4 Å². The third-order valence-electron chi connectivity index (χ3n) is 4.88. The second-order valence-electron chi connectivity index (χ2n) is 7.06. The molecule has 7 heteroatoms. The van der Waals surface area contributed by atoms with Gasteiger partial charge in [0.1, 0.15) is 4.90 Å². The molecule has 0 amide bonds. The molecule has 0 aliphatic heterocycles. The second kappa shape index (κ2) is 8.98.